The highest BCUT2D eigenvalue weighted by Gasteiger charge is 2.12. The summed E-state index contributed by atoms with van der Waals surface area (Å²) in [6, 6.07) is 14.2. The lowest BCUT2D eigenvalue weighted by Crippen LogP contribution is -2.24. The first-order chi connectivity index (χ1) is 9.24. The Kier molecular flexibility index (Phi) is 4.53. The van der Waals surface area contributed by atoms with Crippen molar-refractivity contribution in [3.05, 3.63) is 58.2 Å². The predicted molar refractivity (Wildman–Crippen MR) is 79.8 cm³/mol. The largest absolute Gasteiger partial charge is 0.351 e. The SMILES string of the molecule is CCN(Cc1ccccc1)c1ncc(Br)cc1C#N. The first-order valence-corrected chi connectivity index (χ1v) is 6.88. The number of aromatic nitrogens is 1. The molecule has 0 radical (unpaired) electrons. The van der Waals surface area contributed by atoms with Gasteiger partial charge in [0, 0.05) is 23.8 Å². The Morgan fingerprint density at radius 1 is 1.32 bits per heavy atom. The number of hydrogen-bond donors (Lipinski definition) is 0. The molecular formula is C15H14BrN3. The van der Waals surface area contributed by atoms with E-state index < -0.39 is 0 Å². The Hall–Kier alpha value is -1.86. The van der Waals surface area contributed by atoms with Crippen LogP contribution < -0.4 is 4.90 Å². The quantitative estimate of drug-likeness (QED) is 0.862. The summed E-state index contributed by atoms with van der Waals surface area (Å²) in [6.07, 6.45) is 1.73. The van der Waals surface area contributed by atoms with Crippen LogP contribution in [0.3, 0.4) is 0 Å². The van der Waals surface area contributed by atoms with E-state index in [2.05, 4.69) is 50.9 Å². The summed E-state index contributed by atoms with van der Waals surface area (Å²) >= 11 is 3.34. The number of benzene rings is 1. The fourth-order valence-corrected chi connectivity index (χ4v) is 2.24. The van der Waals surface area contributed by atoms with Crippen LogP contribution in [0.1, 0.15) is 18.1 Å². The average molecular weight is 316 g/mol. The van der Waals surface area contributed by atoms with E-state index in [-0.39, 0.29) is 0 Å². The molecule has 0 fully saturated rings. The van der Waals surface area contributed by atoms with Crippen molar-refractivity contribution in [1.29, 1.82) is 5.26 Å². The van der Waals surface area contributed by atoms with Crippen molar-refractivity contribution in [2.45, 2.75) is 13.5 Å². The summed E-state index contributed by atoms with van der Waals surface area (Å²) in [5.74, 6) is 0.733. The molecular weight excluding hydrogens is 302 g/mol. The molecule has 19 heavy (non-hydrogen) atoms. The summed E-state index contributed by atoms with van der Waals surface area (Å²) in [7, 11) is 0. The maximum atomic E-state index is 9.22. The molecule has 0 unspecified atom stereocenters. The number of rotatable bonds is 4. The van der Waals surface area contributed by atoms with Crippen LogP contribution in [0.5, 0.6) is 0 Å². The van der Waals surface area contributed by atoms with Crippen molar-refractivity contribution in [3.63, 3.8) is 0 Å². The van der Waals surface area contributed by atoms with E-state index in [1.807, 2.05) is 18.2 Å². The van der Waals surface area contributed by atoms with Gasteiger partial charge in [0.15, 0.2) is 0 Å². The van der Waals surface area contributed by atoms with Crippen LogP contribution in [-0.2, 0) is 6.54 Å². The van der Waals surface area contributed by atoms with Gasteiger partial charge in [-0.25, -0.2) is 4.98 Å². The van der Waals surface area contributed by atoms with Crippen molar-refractivity contribution in [3.8, 4) is 6.07 Å². The van der Waals surface area contributed by atoms with Crippen molar-refractivity contribution >= 4 is 21.7 Å². The average Bonchev–Trinajstić information content (AvgIpc) is 2.46. The molecule has 0 aliphatic heterocycles. The molecule has 96 valence electrons. The van der Waals surface area contributed by atoms with Crippen molar-refractivity contribution in [2.75, 3.05) is 11.4 Å². The van der Waals surface area contributed by atoms with Crippen LogP contribution >= 0.6 is 15.9 Å². The molecule has 0 saturated carbocycles. The van der Waals surface area contributed by atoms with Crippen LogP contribution in [0.2, 0.25) is 0 Å². The second kappa shape index (κ2) is 6.35. The number of nitriles is 1. The molecule has 2 aromatic rings. The normalized spacial score (nSPS) is 9.95. The minimum Gasteiger partial charge on any atom is -0.351 e. The predicted octanol–water partition coefficient (Wildman–Crippen LogP) is 3.74. The fourth-order valence-electron chi connectivity index (χ4n) is 1.91. The summed E-state index contributed by atoms with van der Waals surface area (Å²) < 4.78 is 0.823. The highest BCUT2D eigenvalue weighted by atomic mass is 79.9. The Balaban J connectivity index is 2.30. The van der Waals surface area contributed by atoms with Gasteiger partial charge < -0.3 is 4.90 Å². The van der Waals surface area contributed by atoms with E-state index in [9.17, 15) is 5.26 Å². The molecule has 0 spiro atoms. The lowest BCUT2D eigenvalue weighted by atomic mass is 10.2. The smallest absolute Gasteiger partial charge is 0.146 e. The molecule has 1 aromatic heterocycles. The Labute approximate surface area is 121 Å². The fraction of sp³-hybridized carbons (Fsp3) is 0.200. The molecule has 0 aliphatic carbocycles. The molecule has 0 atom stereocenters. The van der Waals surface area contributed by atoms with Crippen LogP contribution in [0.15, 0.2) is 47.1 Å². The number of pyridine rings is 1. The van der Waals surface area contributed by atoms with E-state index in [4.69, 9.17) is 0 Å². The van der Waals surface area contributed by atoms with Crippen molar-refractivity contribution < 1.29 is 0 Å². The zero-order chi connectivity index (χ0) is 13.7. The molecule has 0 N–H and O–H groups in total. The van der Waals surface area contributed by atoms with E-state index in [1.165, 1.54) is 5.56 Å². The molecule has 0 aliphatic rings. The standard InChI is InChI=1S/C15H14BrN3/c1-2-19(11-12-6-4-3-5-7-12)15-13(9-17)8-14(16)10-18-15/h3-8,10H,2,11H2,1H3. The van der Waals surface area contributed by atoms with Crippen LogP contribution in [0.25, 0.3) is 0 Å². The summed E-state index contributed by atoms with van der Waals surface area (Å²) in [5, 5.41) is 9.22. The lowest BCUT2D eigenvalue weighted by molar-refractivity contribution is 0.811. The van der Waals surface area contributed by atoms with E-state index in [0.29, 0.717) is 5.56 Å². The molecule has 0 bridgehead atoms. The van der Waals surface area contributed by atoms with Gasteiger partial charge in [-0.15, -0.1) is 0 Å². The van der Waals surface area contributed by atoms with Gasteiger partial charge in [0.2, 0.25) is 0 Å². The zero-order valence-electron chi connectivity index (χ0n) is 10.7. The maximum absolute atomic E-state index is 9.22. The van der Waals surface area contributed by atoms with Crippen LogP contribution in [0, 0.1) is 11.3 Å². The van der Waals surface area contributed by atoms with Crippen molar-refractivity contribution in [2.24, 2.45) is 0 Å². The summed E-state index contributed by atoms with van der Waals surface area (Å²) in [5.41, 5.74) is 1.80. The van der Waals surface area contributed by atoms with Gasteiger partial charge in [-0.3, -0.25) is 0 Å². The highest BCUT2D eigenvalue weighted by Crippen LogP contribution is 2.22. The van der Waals surface area contributed by atoms with Gasteiger partial charge in [0.05, 0.1) is 5.56 Å². The molecule has 2 rings (SSSR count). The Morgan fingerprint density at radius 2 is 2.05 bits per heavy atom. The molecule has 4 heteroatoms. The molecule has 1 aromatic carbocycles. The van der Waals surface area contributed by atoms with Gasteiger partial charge in [0.1, 0.15) is 11.9 Å². The van der Waals surface area contributed by atoms with E-state index in [0.717, 1.165) is 23.4 Å². The highest BCUT2D eigenvalue weighted by molar-refractivity contribution is 9.10. The second-order valence-electron chi connectivity index (χ2n) is 4.14. The third-order valence-corrected chi connectivity index (χ3v) is 3.28. The number of halogens is 1. The Morgan fingerprint density at radius 3 is 2.68 bits per heavy atom. The maximum Gasteiger partial charge on any atom is 0.146 e. The number of nitrogens with zero attached hydrogens (tertiary/aromatic N) is 3. The van der Waals surface area contributed by atoms with Gasteiger partial charge in [-0.05, 0) is 34.5 Å². The molecule has 3 nitrogen and oxygen atoms in total. The second-order valence-corrected chi connectivity index (χ2v) is 5.05. The molecule has 0 saturated heterocycles. The summed E-state index contributed by atoms with van der Waals surface area (Å²) in [4.78, 5) is 6.47. The topological polar surface area (TPSA) is 39.9 Å². The first-order valence-electron chi connectivity index (χ1n) is 6.09. The monoisotopic (exact) mass is 315 g/mol. The minimum absolute atomic E-state index is 0.590. The molecule has 1 heterocycles. The van der Waals surface area contributed by atoms with Crippen LogP contribution in [-0.4, -0.2) is 11.5 Å². The van der Waals surface area contributed by atoms with E-state index >= 15 is 0 Å². The number of anilines is 1. The number of hydrogen-bond acceptors (Lipinski definition) is 3. The third-order valence-electron chi connectivity index (χ3n) is 2.85. The van der Waals surface area contributed by atoms with Gasteiger partial charge in [0.25, 0.3) is 0 Å². The first kappa shape index (κ1) is 13.6. The van der Waals surface area contributed by atoms with Crippen LogP contribution in [0.4, 0.5) is 5.82 Å². The summed E-state index contributed by atoms with van der Waals surface area (Å²) in [6.45, 7) is 3.62. The van der Waals surface area contributed by atoms with Gasteiger partial charge >= 0.3 is 0 Å². The molecule has 0 amide bonds. The Bertz CT molecular complexity index is 590. The third kappa shape index (κ3) is 3.33. The van der Waals surface area contributed by atoms with E-state index in [1.54, 1.807) is 12.3 Å². The minimum atomic E-state index is 0.590. The van der Waals surface area contributed by atoms with Gasteiger partial charge in [-0.1, -0.05) is 30.3 Å². The van der Waals surface area contributed by atoms with Gasteiger partial charge in [-0.2, -0.15) is 5.26 Å². The lowest BCUT2D eigenvalue weighted by Gasteiger charge is -2.23. The van der Waals surface area contributed by atoms with Crippen molar-refractivity contribution in [1.82, 2.24) is 4.98 Å². The zero-order valence-corrected chi connectivity index (χ0v) is 12.3.